The molecule has 1 heterocycles. The van der Waals surface area contributed by atoms with Crippen molar-refractivity contribution in [3.8, 4) is 6.07 Å². The second-order valence-corrected chi connectivity index (χ2v) is 6.41. The molecule has 1 aliphatic carbocycles. The molecular weight excluding hydrogens is 304 g/mol. The number of para-hydroxylation sites is 1. The van der Waals surface area contributed by atoms with Crippen molar-refractivity contribution < 1.29 is 0 Å². The van der Waals surface area contributed by atoms with Crippen molar-refractivity contribution >= 4 is 23.0 Å². The first-order valence-electron chi connectivity index (χ1n) is 7.63. The van der Waals surface area contributed by atoms with Crippen LogP contribution in [0, 0.1) is 18.3 Å². The highest BCUT2D eigenvalue weighted by atomic mass is 35.5. The Bertz CT molecular complexity index is 889. The summed E-state index contributed by atoms with van der Waals surface area (Å²) in [4.78, 5) is 2.25. The molecule has 0 amide bonds. The van der Waals surface area contributed by atoms with E-state index in [-0.39, 0.29) is 11.3 Å². The Morgan fingerprint density at radius 2 is 1.96 bits per heavy atom. The third-order valence-electron chi connectivity index (χ3n) is 4.55. The fraction of sp³-hybridized carbons (Fsp3) is 0.150. The zero-order valence-electron chi connectivity index (χ0n) is 12.7. The molecule has 0 radical (unpaired) electrons. The van der Waals surface area contributed by atoms with Crippen LogP contribution < -0.4 is 4.90 Å². The number of nitrogens with zero attached hydrogens (tertiary/aromatic N) is 2. The number of allylic oxidation sites excluding steroid dienone is 4. The number of hydrogen-bond acceptors (Lipinski definition) is 2. The fourth-order valence-corrected chi connectivity index (χ4v) is 3.82. The zero-order valence-corrected chi connectivity index (χ0v) is 13.5. The molecular formula is C20H15ClN2. The second-order valence-electron chi connectivity index (χ2n) is 5.91. The van der Waals surface area contributed by atoms with Crippen LogP contribution in [0.2, 0.25) is 0 Å². The number of halogens is 1. The van der Waals surface area contributed by atoms with Gasteiger partial charge in [-0.3, -0.25) is 0 Å². The van der Waals surface area contributed by atoms with Gasteiger partial charge >= 0.3 is 0 Å². The first-order valence-corrected chi connectivity index (χ1v) is 8.06. The van der Waals surface area contributed by atoms with Gasteiger partial charge in [-0.15, -0.1) is 11.6 Å². The van der Waals surface area contributed by atoms with Crippen LogP contribution in [0.5, 0.6) is 0 Å². The van der Waals surface area contributed by atoms with Crippen molar-refractivity contribution in [1.29, 1.82) is 5.26 Å². The highest BCUT2D eigenvalue weighted by Gasteiger charge is 2.39. The largest absolute Gasteiger partial charge is 0.313 e. The van der Waals surface area contributed by atoms with Crippen LogP contribution in [0.3, 0.4) is 0 Å². The molecule has 0 N–H and O–H groups in total. The summed E-state index contributed by atoms with van der Waals surface area (Å²) in [6, 6.07) is 16.4. The molecule has 2 aliphatic rings. The lowest BCUT2D eigenvalue weighted by Crippen LogP contribution is -2.20. The van der Waals surface area contributed by atoms with E-state index < -0.39 is 0 Å². The normalized spacial score (nSPS) is 21.4. The van der Waals surface area contributed by atoms with Crippen molar-refractivity contribution in [2.75, 3.05) is 4.90 Å². The smallest absolute Gasteiger partial charge is 0.0992 e. The van der Waals surface area contributed by atoms with Gasteiger partial charge in [0.2, 0.25) is 0 Å². The van der Waals surface area contributed by atoms with E-state index in [0.29, 0.717) is 5.56 Å². The number of rotatable bonds is 1. The van der Waals surface area contributed by atoms with Gasteiger partial charge in [0.05, 0.1) is 22.7 Å². The maximum atomic E-state index is 9.27. The number of aryl methyl sites for hydroxylation is 1. The highest BCUT2D eigenvalue weighted by molar-refractivity contribution is 6.23. The van der Waals surface area contributed by atoms with E-state index in [9.17, 15) is 5.26 Å². The Kier molecular flexibility index (Phi) is 3.25. The summed E-state index contributed by atoms with van der Waals surface area (Å²) < 4.78 is 0. The number of anilines is 2. The summed E-state index contributed by atoms with van der Waals surface area (Å²) >= 11 is 6.59. The summed E-state index contributed by atoms with van der Waals surface area (Å²) in [5.74, 6) is 0.129. The summed E-state index contributed by atoms with van der Waals surface area (Å²) in [7, 11) is 0. The van der Waals surface area contributed by atoms with Crippen molar-refractivity contribution in [1.82, 2.24) is 0 Å². The van der Waals surface area contributed by atoms with Crippen LogP contribution in [-0.4, -0.2) is 5.38 Å². The van der Waals surface area contributed by atoms with Crippen molar-refractivity contribution in [3.63, 3.8) is 0 Å². The van der Waals surface area contributed by atoms with Gasteiger partial charge < -0.3 is 4.90 Å². The van der Waals surface area contributed by atoms with Crippen LogP contribution in [-0.2, 0) is 0 Å². The first kappa shape index (κ1) is 14.1. The Hall–Kier alpha value is -2.50. The summed E-state index contributed by atoms with van der Waals surface area (Å²) in [5, 5.41) is 9.20. The molecule has 2 aromatic carbocycles. The number of fused-ring (bicyclic) bond motifs is 3. The third-order valence-corrected chi connectivity index (χ3v) is 4.95. The van der Waals surface area contributed by atoms with Crippen LogP contribution >= 0.6 is 11.6 Å². The second kappa shape index (κ2) is 5.30. The molecule has 0 aromatic heterocycles. The van der Waals surface area contributed by atoms with Gasteiger partial charge in [0.1, 0.15) is 0 Å². The molecule has 0 saturated carbocycles. The van der Waals surface area contributed by atoms with E-state index in [1.165, 1.54) is 16.8 Å². The summed E-state index contributed by atoms with van der Waals surface area (Å²) in [6.45, 7) is 2.11. The van der Waals surface area contributed by atoms with E-state index >= 15 is 0 Å². The number of nitriles is 1. The summed E-state index contributed by atoms with van der Waals surface area (Å²) in [5.41, 5.74) is 6.42. The average Bonchev–Trinajstić information content (AvgIpc) is 2.90. The molecule has 1 aliphatic heterocycles. The molecule has 112 valence electrons. The lowest BCUT2D eigenvalue weighted by Gasteiger charge is -2.27. The van der Waals surface area contributed by atoms with Gasteiger partial charge in [0, 0.05) is 17.3 Å². The Balaban J connectivity index is 1.98. The van der Waals surface area contributed by atoms with Crippen molar-refractivity contribution in [2.45, 2.75) is 18.2 Å². The van der Waals surface area contributed by atoms with E-state index in [1.807, 2.05) is 42.5 Å². The van der Waals surface area contributed by atoms with E-state index in [4.69, 9.17) is 11.6 Å². The monoisotopic (exact) mass is 318 g/mol. The van der Waals surface area contributed by atoms with Crippen LogP contribution in [0.25, 0.3) is 0 Å². The average molecular weight is 319 g/mol. The number of hydrogen-bond donors (Lipinski definition) is 0. The molecule has 3 heteroatoms. The Morgan fingerprint density at radius 1 is 1.13 bits per heavy atom. The van der Waals surface area contributed by atoms with E-state index in [1.54, 1.807) is 0 Å². The molecule has 0 spiro atoms. The SMILES string of the molecule is Cc1ccccc1N1C2=CC=CC(Cl)C2c2ccc(C#N)cc21. The quantitative estimate of drug-likeness (QED) is 0.679. The van der Waals surface area contributed by atoms with Crippen molar-refractivity contribution in [2.24, 2.45) is 0 Å². The molecule has 0 fully saturated rings. The Labute approximate surface area is 140 Å². The van der Waals surface area contributed by atoms with Crippen LogP contribution in [0.15, 0.2) is 66.4 Å². The first-order chi connectivity index (χ1) is 11.2. The summed E-state index contributed by atoms with van der Waals surface area (Å²) in [6.07, 6.45) is 6.17. The minimum atomic E-state index is -0.0734. The lowest BCUT2D eigenvalue weighted by molar-refractivity contribution is 0.826. The number of benzene rings is 2. The van der Waals surface area contributed by atoms with Gasteiger partial charge in [0.25, 0.3) is 0 Å². The van der Waals surface area contributed by atoms with E-state index in [0.717, 1.165) is 11.4 Å². The van der Waals surface area contributed by atoms with Gasteiger partial charge in [-0.25, -0.2) is 0 Å². The van der Waals surface area contributed by atoms with Gasteiger partial charge in [-0.2, -0.15) is 5.26 Å². The lowest BCUT2D eigenvalue weighted by atomic mass is 9.91. The van der Waals surface area contributed by atoms with Crippen LogP contribution in [0.4, 0.5) is 11.4 Å². The van der Waals surface area contributed by atoms with Gasteiger partial charge in [0.15, 0.2) is 0 Å². The minimum absolute atomic E-state index is 0.0734. The standard InChI is InChI=1S/C20H15ClN2/c1-13-5-2-3-7-17(13)23-18-8-4-6-16(21)20(18)15-10-9-14(12-22)11-19(15)23/h2-11,16,20H,1H3. The van der Waals surface area contributed by atoms with Gasteiger partial charge in [-0.05, 0) is 42.3 Å². The molecule has 4 rings (SSSR count). The fourth-order valence-electron chi connectivity index (χ4n) is 3.47. The predicted molar refractivity (Wildman–Crippen MR) is 94.1 cm³/mol. The third kappa shape index (κ3) is 2.09. The number of alkyl halides is 1. The van der Waals surface area contributed by atoms with Crippen LogP contribution in [0.1, 0.15) is 22.6 Å². The van der Waals surface area contributed by atoms with E-state index in [2.05, 4.69) is 36.1 Å². The Morgan fingerprint density at radius 3 is 2.74 bits per heavy atom. The molecule has 2 atom stereocenters. The highest BCUT2D eigenvalue weighted by Crippen LogP contribution is 2.52. The maximum absolute atomic E-state index is 9.27. The van der Waals surface area contributed by atoms with Crippen molar-refractivity contribution in [3.05, 3.63) is 83.1 Å². The van der Waals surface area contributed by atoms with Gasteiger partial charge in [-0.1, -0.05) is 36.4 Å². The molecule has 0 saturated heterocycles. The zero-order chi connectivity index (χ0) is 16.0. The molecule has 2 aromatic rings. The maximum Gasteiger partial charge on any atom is 0.0992 e. The molecule has 2 unspecified atom stereocenters. The predicted octanol–water partition coefficient (Wildman–Crippen LogP) is 5.16. The topological polar surface area (TPSA) is 27.0 Å². The molecule has 0 bridgehead atoms. The minimum Gasteiger partial charge on any atom is -0.313 e. The molecule has 23 heavy (non-hydrogen) atoms. The molecule has 2 nitrogen and oxygen atoms in total.